The van der Waals surface area contributed by atoms with Crippen molar-refractivity contribution in [3.8, 4) is 0 Å². The summed E-state index contributed by atoms with van der Waals surface area (Å²) in [6.07, 6.45) is 3.03. The highest BCUT2D eigenvalue weighted by Gasteiger charge is 2.28. The molecule has 19 heavy (non-hydrogen) atoms. The van der Waals surface area contributed by atoms with Gasteiger partial charge in [-0.25, -0.2) is 0 Å². The summed E-state index contributed by atoms with van der Waals surface area (Å²) < 4.78 is 5.13. The molecular formula is C14H27N3O2. The minimum Gasteiger partial charge on any atom is -0.383 e. The molecule has 0 aromatic heterocycles. The van der Waals surface area contributed by atoms with Gasteiger partial charge < -0.3 is 15.0 Å². The van der Waals surface area contributed by atoms with Crippen LogP contribution in [0.2, 0.25) is 0 Å². The van der Waals surface area contributed by atoms with Crippen molar-refractivity contribution in [2.45, 2.75) is 38.3 Å². The Kier molecular flexibility index (Phi) is 5.60. The number of amides is 1. The van der Waals surface area contributed by atoms with Crippen LogP contribution in [-0.2, 0) is 9.53 Å². The lowest BCUT2D eigenvalue weighted by molar-refractivity contribution is -0.134. The van der Waals surface area contributed by atoms with Crippen LogP contribution in [0.5, 0.6) is 0 Å². The number of carbonyl (C=O) groups is 1. The van der Waals surface area contributed by atoms with Crippen molar-refractivity contribution in [1.29, 1.82) is 0 Å². The molecule has 2 aliphatic heterocycles. The van der Waals surface area contributed by atoms with E-state index in [1.165, 1.54) is 6.42 Å². The molecule has 0 radical (unpaired) electrons. The van der Waals surface area contributed by atoms with Crippen LogP contribution in [0.15, 0.2) is 0 Å². The van der Waals surface area contributed by atoms with Crippen molar-refractivity contribution in [1.82, 2.24) is 15.1 Å². The highest BCUT2D eigenvalue weighted by Crippen LogP contribution is 2.14. The van der Waals surface area contributed by atoms with Gasteiger partial charge in [-0.3, -0.25) is 9.69 Å². The Hall–Kier alpha value is -0.650. The van der Waals surface area contributed by atoms with E-state index in [0.717, 1.165) is 45.8 Å². The van der Waals surface area contributed by atoms with Crippen LogP contribution in [0.4, 0.5) is 0 Å². The first-order valence-electron chi connectivity index (χ1n) is 7.45. The van der Waals surface area contributed by atoms with Crippen LogP contribution in [0.3, 0.4) is 0 Å². The number of carbonyl (C=O) groups excluding carboxylic acids is 1. The molecule has 2 unspecified atom stereocenters. The van der Waals surface area contributed by atoms with Crippen LogP contribution < -0.4 is 5.32 Å². The van der Waals surface area contributed by atoms with Crippen molar-refractivity contribution in [3.05, 3.63) is 0 Å². The van der Waals surface area contributed by atoms with Gasteiger partial charge in [0.2, 0.25) is 5.91 Å². The number of hydrogen-bond donors (Lipinski definition) is 1. The highest BCUT2D eigenvalue weighted by molar-refractivity contribution is 5.77. The molecule has 1 amide bonds. The Balaban J connectivity index is 1.75. The minimum atomic E-state index is 0.317. The molecule has 1 N–H and O–H groups in total. The van der Waals surface area contributed by atoms with E-state index in [1.54, 1.807) is 7.11 Å². The molecule has 0 aliphatic carbocycles. The molecule has 2 aliphatic rings. The molecule has 5 heteroatoms. The number of methoxy groups -OCH3 is 1. The first kappa shape index (κ1) is 14.8. The summed E-state index contributed by atoms with van der Waals surface area (Å²) >= 11 is 0. The lowest BCUT2D eigenvalue weighted by atomic mass is 10.1. The van der Waals surface area contributed by atoms with Crippen molar-refractivity contribution in [2.75, 3.05) is 46.4 Å². The quantitative estimate of drug-likeness (QED) is 0.780. The van der Waals surface area contributed by atoms with Crippen molar-refractivity contribution in [2.24, 2.45) is 0 Å². The highest BCUT2D eigenvalue weighted by atomic mass is 16.5. The van der Waals surface area contributed by atoms with Crippen LogP contribution >= 0.6 is 0 Å². The molecule has 2 rings (SSSR count). The third-order valence-corrected chi connectivity index (χ3v) is 4.28. The Morgan fingerprint density at radius 1 is 1.42 bits per heavy atom. The molecule has 110 valence electrons. The Bertz CT molecular complexity index is 292. The third-order valence-electron chi connectivity index (χ3n) is 4.28. The fourth-order valence-electron chi connectivity index (χ4n) is 3.03. The second kappa shape index (κ2) is 7.22. The average Bonchev–Trinajstić information content (AvgIpc) is 2.90. The SMILES string of the molecule is COCCN1CCN(C(=O)CC2CCCN2)CC1C. The van der Waals surface area contributed by atoms with E-state index in [1.807, 2.05) is 4.90 Å². The summed E-state index contributed by atoms with van der Waals surface area (Å²) in [6, 6.07) is 0.846. The van der Waals surface area contributed by atoms with Crippen LogP contribution in [0.25, 0.3) is 0 Å². The van der Waals surface area contributed by atoms with E-state index >= 15 is 0 Å². The maximum Gasteiger partial charge on any atom is 0.224 e. The van der Waals surface area contributed by atoms with E-state index < -0.39 is 0 Å². The van der Waals surface area contributed by atoms with Gasteiger partial charge in [0.25, 0.3) is 0 Å². The summed E-state index contributed by atoms with van der Waals surface area (Å²) in [5.74, 6) is 0.317. The van der Waals surface area contributed by atoms with Gasteiger partial charge in [0.05, 0.1) is 6.61 Å². The molecule has 0 saturated carbocycles. The van der Waals surface area contributed by atoms with Crippen molar-refractivity contribution < 1.29 is 9.53 Å². The molecule has 0 aromatic rings. The van der Waals surface area contributed by atoms with Gasteiger partial charge in [0.15, 0.2) is 0 Å². The van der Waals surface area contributed by atoms with E-state index in [0.29, 0.717) is 24.4 Å². The van der Waals surface area contributed by atoms with E-state index in [-0.39, 0.29) is 0 Å². The smallest absolute Gasteiger partial charge is 0.224 e. The average molecular weight is 269 g/mol. The van der Waals surface area contributed by atoms with Gasteiger partial charge in [-0.2, -0.15) is 0 Å². The van der Waals surface area contributed by atoms with Gasteiger partial charge in [-0.15, -0.1) is 0 Å². The summed E-state index contributed by atoms with van der Waals surface area (Å²) in [5.41, 5.74) is 0. The molecule has 2 atom stereocenters. The lowest BCUT2D eigenvalue weighted by Gasteiger charge is -2.40. The molecule has 2 fully saturated rings. The summed E-state index contributed by atoms with van der Waals surface area (Å²) in [7, 11) is 1.74. The fraction of sp³-hybridized carbons (Fsp3) is 0.929. The molecule has 2 saturated heterocycles. The van der Waals surface area contributed by atoms with Gasteiger partial charge in [0.1, 0.15) is 0 Å². The summed E-state index contributed by atoms with van der Waals surface area (Å²) in [5, 5.41) is 3.40. The normalized spacial score (nSPS) is 28.8. The van der Waals surface area contributed by atoms with Gasteiger partial charge in [-0.1, -0.05) is 0 Å². The van der Waals surface area contributed by atoms with E-state index in [9.17, 15) is 4.79 Å². The molecule has 0 bridgehead atoms. The fourth-order valence-corrected chi connectivity index (χ4v) is 3.03. The van der Waals surface area contributed by atoms with E-state index in [2.05, 4.69) is 17.1 Å². The molecular weight excluding hydrogens is 242 g/mol. The predicted octanol–water partition coefficient (Wildman–Crippen LogP) is 0.308. The number of piperazine rings is 1. The number of ether oxygens (including phenoxy) is 1. The van der Waals surface area contributed by atoms with Crippen LogP contribution in [0, 0.1) is 0 Å². The molecule has 5 nitrogen and oxygen atoms in total. The van der Waals surface area contributed by atoms with Gasteiger partial charge >= 0.3 is 0 Å². The maximum atomic E-state index is 12.3. The minimum absolute atomic E-state index is 0.317. The molecule has 0 spiro atoms. The van der Waals surface area contributed by atoms with Crippen LogP contribution in [-0.4, -0.2) is 74.2 Å². The molecule has 2 heterocycles. The second-order valence-corrected chi connectivity index (χ2v) is 5.71. The standard InChI is InChI=1S/C14H27N3O2/c1-12-11-17(7-6-16(12)8-9-19-2)14(18)10-13-4-3-5-15-13/h12-13,15H,3-11H2,1-2H3. The largest absolute Gasteiger partial charge is 0.383 e. The zero-order valence-corrected chi connectivity index (χ0v) is 12.2. The number of hydrogen-bond acceptors (Lipinski definition) is 4. The zero-order valence-electron chi connectivity index (χ0n) is 12.2. The Morgan fingerprint density at radius 2 is 2.26 bits per heavy atom. The van der Waals surface area contributed by atoms with Crippen molar-refractivity contribution >= 4 is 5.91 Å². The first-order chi connectivity index (χ1) is 9.20. The van der Waals surface area contributed by atoms with E-state index in [4.69, 9.17) is 4.74 Å². The van der Waals surface area contributed by atoms with Gasteiger partial charge in [0, 0.05) is 51.8 Å². The molecule has 0 aromatic carbocycles. The van der Waals surface area contributed by atoms with Gasteiger partial charge in [-0.05, 0) is 26.3 Å². The summed E-state index contributed by atoms with van der Waals surface area (Å²) in [6.45, 7) is 7.68. The van der Waals surface area contributed by atoms with Crippen molar-refractivity contribution in [3.63, 3.8) is 0 Å². The zero-order chi connectivity index (χ0) is 13.7. The second-order valence-electron chi connectivity index (χ2n) is 5.71. The first-order valence-corrected chi connectivity index (χ1v) is 7.45. The van der Waals surface area contributed by atoms with Crippen LogP contribution in [0.1, 0.15) is 26.2 Å². The topological polar surface area (TPSA) is 44.8 Å². The number of nitrogens with zero attached hydrogens (tertiary/aromatic N) is 2. The number of rotatable bonds is 5. The Morgan fingerprint density at radius 3 is 2.89 bits per heavy atom. The lowest BCUT2D eigenvalue weighted by Crippen LogP contribution is -2.54. The summed E-state index contributed by atoms with van der Waals surface area (Å²) in [4.78, 5) is 16.7. The predicted molar refractivity (Wildman–Crippen MR) is 75.1 cm³/mol. The maximum absolute atomic E-state index is 12.3. The third kappa shape index (κ3) is 4.16. The monoisotopic (exact) mass is 269 g/mol. The Labute approximate surface area is 116 Å². The number of nitrogens with one attached hydrogen (secondary N) is 1.